The molecule has 2 aliphatic rings. The molecule has 0 amide bonds. The molecule has 1 aliphatic carbocycles. The SMILES string of the molecule is CCCCCCCCCCCCCCCCCCC1c2ccccc2C(C)(C)C12C=Cc1cc([N+](=O)[O-])cc([N+](=O)[O-])c1O2. The lowest BCUT2D eigenvalue weighted by Crippen LogP contribution is -2.51. The molecule has 7 nitrogen and oxygen atoms in total. The van der Waals surface area contributed by atoms with E-state index in [0.717, 1.165) is 25.3 Å². The molecule has 2 atom stereocenters. The van der Waals surface area contributed by atoms with Crippen molar-refractivity contribution in [2.45, 2.75) is 147 Å². The summed E-state index contributed by atoms with van der Waals surface area (Å²) in [6.45, 7) is 6.56. The summed E-state index contributed by atoms with van der Waals surface area (Å²) in [5.74, 6) is 0.153. The Bertz CT molecular complexity index is 1300. The standard InChI is InChI=1S/C37H52N2O5/c1-4-5-6-7-8-9-10-11-12-13-14-15-16-17-18-19-24-33-31-22-20-21-23-32(31)36(2,3)37(33)26-25-29-27-30(38(40)41)28-34(39(42)43)35(29)44-37/h20-23,25-28,33H,4-19,24H2,1-3H3. The summed E-state index contributed by atoms with van der Waals surface area (Å²) >= 11 is 0. The Labute approximate surface area is 263 Å². The summed E-state index contributed by atoms with van der Waals surface area (Å²) in [4.78, 5) is 22.3. The molecule has 0 bridgehead atoms. The van der Waals surface area contributed by atoms with Gasteiger partial charge in [-0.15, -0.1) is 0 Å². The molecule has 2 aromatic carbocycles. The van der Waals surface area contributed by atoms with Gasteiger partial charge in [-0.05, 0) is 23.6 Å². The lowest BCUT2D eigenvalue weighted by molar-refractivity contribution is -0.395. The van der Waals surface area contributed by atoms with Gasteiger partial charge in [-0.2, -0.15) is 0 Å². The van der Waals surface area contributed by atoms with Crippen LogP contribution in [0.1, 0.15) is 153 Å². The van der Waals surface area contributed by atoms with Gasteiger partial charge in [0.05, 0.1) is 15.9 Å². The predicted molar refractivity (Wildman–Crippen MR) is 179 cm³/mol. The van der Waals surface area contributed by atoms with Crippen molar-refractivity contribution < 1.29 is 14.6 Å². The van der Waals surface area contributed by atoms with E-state index in [1.807, 2.05) is 12.1 Å². The molecule has 1 spiro atoms. The van der Waals surface area contributed by atoms with E-state index in [9.17, 15) is 20.2 Å². The summed E-state index contributed by atoms with van der Waals surface area (Å²) in [6, 6.07) is 10.8. The summed E-state index contributed by atoms with van der Waals surface area (Å²) in [5, 5.41) is 23.5. The number of hydrogen-bond acceptors (Lipinski definition) is 5. The maximum atomic E-state index is 12.0. The Morgan fingerprint density at radius 2 is 1.30 bits per heavy atom. The number of hydrogen-bond donors (Lipinski definition) is 0. The van der Waals surface area contributed by atoms with Crippen molar-refractivity contribution in [3.63, 3.8) is 0 Å². The van der Waals surface area contributed by atoms with E-state index in [0.29, 0.717) is 5.56 Å². The van der Waals surface area contributed by atoms with E-state index in [-0.39, 0.29) is 23.0 Å². The van der Waals surface area contributed by atoms with Crippen LogP contribution in [0.3, 0.4) is 0 Å². The van der Waals surface area contributed by atoms with Crippen LogP contribution >= 0.6 is 0 Å². The first-order valence-corrected chi connectivity index (χ1v) is 17.2. The third-order valence-electron chi connectivity index (χ3n) is 10.1. The smallest absolute Gasteiger partial charge is 0.318 e. The molecule has 0 saturated heterocycles. The van der Waals surface area contributed by atoms with E-state index in [1.165, 1.54) is 107 Å². The quantitative estimate of drug-likeness (QED) is 0.0902. The zero-order chi connectivity index (χ0) is 31.6. The number of unbranched alkanes of at least 4 members (excludes halogenated alkanes) is 15. The first-order chi connectivity index (χ1) is 21.2. The fourth-order valence-corrected chi connectivity index (χ4v) is 7.55. The van der Waals surface area contributed by atoms with Crippen molar-refractivity contribution in [2.75, 3.05) is 0 Å². The number of non-ortho nitro benzene ring substituents is 1. The van der Waals surface area contributed by atoms with E-state index >= 15 is 0 Å². The van der Waals surface area contributed by atoms with Gasteiger partial charge in [-0.1, -0.05) is 154 Å². The maximum absolute atomic E-state index is 12.0. The van der Waals surface area contributed by atoms with Crippen molar-refractivity contribution in [3.05, 3.63) is 79.4 Å². The van der Waals surface area contributed by atoms with Gasteiger partial charge in [0.25, 0.3) is 5.69 Å². The lowest BCUT2D eigenvalue weighted by Gasteiger charge is -2.45. The van der Waals surface area contributed by atoms with Crippen molar-refractivity contribution in [1.82, 2.24) is 0 Å². The molecule has 0 fully saturated rings. The van der Waals surface area contributed by atoms with E-state index < -0.39 is 20.9 Å². The second-order valence-electron chi connectivity index (χ2n) is 13.5. The van der Waals surface area contributed by atoms with Crippen LogP contribution in [0.15, 0.2) is 42.5 Å². The van der Waals surface area contributed by atoms with Crippen LogP contribution in [-0.4, -0.2) is 15.4 Å². The van der Waals surface area contributed by atoms with Gasteiger partial charge in [-0.3, -0.25) is 20.2 Å². The highest BCUT2D eigenvalue weighted by Gasteiger charge is 2.60. The summed E-state index contributed by atoms with van der Waals surface area (Å²) in [7, 11) is 0. The molecule has 0 saturated carbocycles. The third kappa shape index (κ3) is 7.52. The number of benzene rings is 2. The maximum Gasteiger partial charge on any atom is 0.318 e. The Morgan fingerprint density at radius 3 is 1.84 bits per heavy atom. The fourth-order valence-electron chi connectivity index (χ4n) is 7.55. The minimum absolute atomic E-state index is 0.0274. The highest BCUT2D eigenvalue weighted by atomic mass is 16.6. The molecule has 7 heteroatoms. The number of fused-ring (bicyclic) bond motifs is 2. The first kappa shape index (κ1) is 33.7. The minimum Gasteiger partial charge on any atom is -0.474 e. The Hall–Kier alpha value is -3.22. The van der Waals surface area contributed by atoms with Crippen LogP contribution in [0.4, 0.5) is 11.4 Å². The molecule has 0 N–H and O–H groups in total. The first-order valence-electron chi connectivity index (χ1n) is 17.2. The summed E-state index contributed by atoms with van der Waals surface area (Å²) in [6.07, 6.45) is 25.9. The molecule has 0 aromatic heterocycles. The summed E-state index contributed by atoms with van der Waals surface area (Å²) in [5.41, 5.74) is 0.872. The molecule has 1 heterocycles. The molecule has 2 unspecified atom stereocenters. The zero-order valence-corrected chi connectivity index (χ0v) is 27.2. The molecule has 1 aliphatic heterocycles. The molecular weight excluding hydrogens is 552 g/mol. The zero-order valence-electron chi connectivity index (χ0n) is 27.2. The number of nitro benzene ring substituents is 2. The molecule has 44 heavy (non-hydrogen) atoms. The van der Waals surface area contributed by atoms with Gasteiger partial charge in [0.15, 0.2) is 0 Å². The van der Waals surface area contributed by atoms with Gasteiger partial charge >= 0.3 is 5.69 Å². The van der Waals surface area contributed by atoms with Gasteiger partial charge in [-0.25, -0.2) is 0 Å². The summed E-state index contributed by atoms with van der Waals surface area (Å²) < 4.78 is 6.75. The minimum atomic E-state index is -0.819. The molecule has 240 valence electrons. The number of nitrogens with zero attached hydrogens (tertiary/aromatic N) is 2. The monoisotopic (exact) mass is 604 g/mol. The van der Waals surface area contributed by atoms with Crippen molar-refractivity contribution >= 4 is 17.5 Å². The third-order valence-corrected chi connectivity index (χ3v) is 10.1. The highest BCUT2D eigenvalue weighted by Crippen LogP contribution is 2.60. The van der Waals surface area contributed by atoms with Gasteiger partial charge in [0.2, 0.25) is 5.75 Å². The van der Waals surface area contributed by atoms with Gasteiger partial charge in [0.1, 0.15) is 5.60 Å². The Morgan fingerprint density at radius 1 is 0.750 bits per heavy atom. The van der Waals surface area contributed by atoms with Crippen molar-refractivity contribution in [1.29, 1.82) is 0 Å². The average molecular weight is 605 g/mol. The molecule has 0 radical (unpaired) electrons. The molecule has 4 rings (SSSR count). The van der Waals surface area contributed by atoms with Crippen LogP contribution in [-0.2, 0) is 5.41 Å². The number of rotatable bonds is 19. The van der Waals surface area contributed by atoms with Crippen molar-refractivity contribution in [3.8, 4) is 5.75 Å². The average Bonchev–Trinajstić information content (AvgIpc) is 3.18. The largest absolute Gasteiger partial charge is 0.474 e. The van der Waals surface area contributed by atoms with Crippen LogP contribution in [0.2, 0.25) is 0 Å². The van der Waals surface area contributed by atoms with Gasteiger partial charge < -0.3 is 4.74 Å². The van der Waals surface area contributed by atoms with Crippen LogP contribution in [0, 0.1) is 20.2 Å². The lowest BCUT2D eigenvalue weighted by atomic mass is 9.69. The highest BCUT2D eigenvalue weighted by molar-refractivity contribution is 5.73. The number of ether oxygens (including phenoxy) is 1. The molecular formula is C37H52N2O5. The predicted octanol–water partition coefficient (Wildman–Crippen LogP) is 11.4. The van der Waals surface area contributed by atoms with Crippen LogP contribution in [0.5, 0.6) is 5.75 Å². The van der Waals surface area contributed by atoms with E-state index in [1.54, 1.807) is 6.08 Å². The second kappa shape index (κ2) is 15.7. The normalized spacial score (nSPS) is 19.5. The van der Waals surface area contributed by atoms with E-state index in [4.69, 9.17) is 4.74 Å². The Kier molecular flexibility index (Phi) is 12.0. The van der Waals surface area contributed by atoms with Crippen molar-refractivity contribution in [2.24, 2.45) is 0 Å². The van der Waals surface area contributed by atoms with Gasteiger partial charge in [0, 0.05) is 23.0 Å². The van der Waals surface area contributed by atoms with E-state index in [2.05, 4.69) is 39.0 Å². The Balaban J connectivity index is 1.30. The van der Waals surface area contributed by atoms with Crippen LogP contribution in [0.25, 0.3) is 6.08 Å². The van der Waals surface area contributed by atoms with Crippen LogP contribution < -0.4 is 4.74 Å². The topological polar surface area (TPSA) is 95.5 Å². The second-order valence-corrected chi connectivity index (χ2v) is 13.5. The number of nitro groups is 2. The fraction of sp³-hybridized carbons (Fsp3) is 0.622. The molecule has 2 aromatic rings.